The van der Waals surface area contributed by atoms with Crippen molar-refractivity contribution in [2.24, 2.45) is 0 Å². The number of para-hydroxylation sites is 2. The normalized spacial score (nSPS) is 12.4. The maximum Gasteiger partial charge on any atom is 0.264 e. The molecule has 226 valence electrons. The van der Waals surface area contributed by atoms with E-state index in [-0.39, 0.29) is 23.0 Å². The van der Waals surface area contributed by atoms with Gasteiger partial charge in [0.05, 0.1) is 17.2 Å². The minimum Gasteiger partial charge on any atom is -0.492 e. The van der Waals surface area contributed by atoms with Crippen LogP contribution in [-0.2, 0) is 26.2 Å². The molecular weight excluding hydrogens is 550 g/mol. The van der Waals surface area contributed by atoms with E-state index in [4.69, 9.17) is 4.74 Å². The van der Waals surface area contributed by atoms with Gasteiger partial charge in [-0.25, -0.2) is 8.42 Å². The van der Waals surface area contributed by atoms with Crippen LogP contribution in [0.15, 0.2) is 77.7 Å². The Morgan fingerprint density at radius 2 is 1.52 bits per heavy atom. The van der Waals surface area contributed by atoms with Crippen LogP contribution in [0, 0.1) is 13.8 Å². The number of amides is 2. The number of sulfonamides is 1. The van der Waals surface area contributed by atoms with Crippen LogP contribution < -0.4 is 14.4 Å². The van der Waals surface area contributed by atoms with Gasteiger partial charge in [0.15, 0.2) is 0 Å². The van der Waals surface area contributed by atoms with Gasteiger partial charge in [-0.15, -0.1) is 0 Å². The molecule has 2 amide bonds. The molecule has 0 spiro atoms. The molecule has 42 heavy (non-hydrogen) atoms. The summed E-state index contributed by atoms with van der Waals surface area (Å²) in [5.41, 5.74) is 2.48. The van der Waals surface area contributed by atoms with E-state index in [0.717, 1.165) is 21.0 Å². The first kappa shape index (κ1) is 32.7. The fourth-order valence-electron chi connectivity index (χ4n) is 4.63. The lowest BCUT2D eigenvalue weighted by atomic mass is 10.0. The zero-order valence-electron chi connectivity index (χ0n) is 25.7. The lowest BCUT2D eigenvalue weighted by Gasteiger charge is -2.35. The molecule has 0 saturated carbocycles. The first-order valence-electron chi connectivity index (χ1n) is 14.3. The molecule has 0 fully saturated rings. The molecule has 8 nitrogen and oxygen atoms in total. The summed E-state index contributed by atoms with van der Waals surface area (Å²) < 4.78 is 35.2. The molecule has 9 heteroatoms. The summed E-state index contributed by atoms with van der Waals surface area (Å²) in [6.45, 7) is 13.1. The van der Waals surface area contributed by atoms with E-state index < -0.39 is 34.1 Å². The first-order valence-corrected chi connectivity index (χ1v) is 15.7. The number of hydrogen-bond donors (Lipinski definition) is 1. The maximum atomic E-state index is 14.3. The van der Waals surface area contributed by atoms with Crippen molar-refractivity contribution in [3.8, 4) is 5.75 Å². The third kappa shape index (κ3) is 8.12. The molecule has 0 heterocycles. The Bertz CT molecular complexity index is 1480. The number of ether oxygens (including phenoxy) is 1. The summed E-state index contributed by atoms with van der Waals surface area (Å²) in [6.07, 6.45) is 0.347. The molecule has 1 atom stereocenters. The Morgan fingerprint density at radius 3 is 2.12 bits per heavy atom. The van der Waals surface area contributed by atoms with Gasteiger partial charge >= 0.3 is 0 Å². The third-order valence-corrected chi connectivity index (χ3v) is 8.58. The highest BCUT2D eigenvalue weighted by Crippen LogP contribution is 2.33. The van der Waals surface area contributed by atoms with Crippen molar-refractivity contribution < 1.29 is 22.7 Å². The molecule has 0 radical (unpaired) electrons. The Morgan fingerprint density at radius 1 is 0.905 bits per heavy atom. The smallest absolute Gasteiger partial charge is 0.264 e. The summed E-state index contributed by atoms with van der Waals surface area (Å²) in [4.78, 5) is 29.4. The quantitative estimate of drug-likeness (QED) is 0.294. The lowest BCUT2D eigenvalue weighted by molar-refractivity contribution is -0.141. The van der Waals surface area contributed by atoms with E-state index in [1.54, 1.807) is 36.4 Å². The molecule has 0 aromatic heterocycles. The Hall–Kier alpha value is -3.85. The predicted molar refractivity (Wildman–Crippen MR) is 167 cm³/mol. The van der Waals surface area contributed by atoms with Crippen molar-refractivity contribution in [1.82, 2.24) is 10.2 Å². The largest absolute Gasteiger partial charge is 0.492 e. The van der Waals surface area contributed by atoms with E-state index in [0.29, 0.717) is 18.8 Å². The van der Waals surface area contributed by atoms with Crippen LogP contribution in [0.25, 0.3) is 0 Å². The molecule has 3 rings (SSSR count). The van der Waals surface area contributed by atoms with Crippen LogP contribution in [0.1, 0.15) is 57.7 Å². The number of carbonyl (C=O) groups is 2. The second-order valence-corrected chi connectivity index (χ2v) is 13.2. The summed E-state index contributed by atoms with van der Waals surface area (Å²) in [7, 11) is -4.20. The van der Waals surface area contributed by atoms with Gasteiger partial charge in [0.1, 0.15) is 18.3 Å². The van der Waals surface area contributed by atoms with Gasteiger partial charge in [0.2, 0.25) is 11.8 Å². The van der Waals surface area contributed by atoms with Gasteiger partial charge in [-0.3, -0.25) is 13.9 Å². The monoisotopic (exact) mass is 593 g/mol. The Kier molecular flexibility index (Phi) is 10.8. The number of anilines is 1. The minimum absolute atomic E-state index is 0.0511. The second-order valence-electron chi connectivity index (χ2n) is 11.3. The van der Waals surface area contributed by atoms with E-state index in [2.05, 4.69) is 5.32 Å². The van der Waals surface area contributed by atoms with Crippen molar-refractivity contribution in [3.05, 3.63) is 89.5 Å². The Labute approximate surface area is 250 Å². The van der Waals surface area contributed by atoms with Crippen LogP contribution >= 0.6 is 0 Å². The van der Waals surface area contributed by atoms with E-state index in [1.165, 1.54) is 17.0 Å². The van der Waals surface area contributed by atoms with Crippen LogP contribution in [0.5, 0.6) is 5.75 Å². The molecule has 0 aliphatic heterocycles. The van der Waals surface area contributed by atoms with Crippen molar-refractivity contribution >= 4 is 27.5 Å². The van der Waals surface area contributed by atoms with Crippen LogP contribution in [-0.4, -0.2) is 49.9 Å². The van der Waals surface area contributed by atoms with Crippen LogP contribution in [0.4, 0.5) is 5.69 Å². The number of hydrogen-bond acceptors (Lipinski definition) is 5. The van der Waals surface area contributed by atoms with E-state index >= 15 is 0 Å². The second kappa shape index (κ2) is 13.9. The van der Waals surface area contributed by atoms with Gasteiger partial charge in [0.25, 0.3) is 10.0 Å². The summed E-state index contributed by atoms with van der Waals surface area (Å²) in [6, 6.07) is 20.1. The standard InChI is InChI=1S/C33H43N3O5S/c1-8-28(32(38)34-33(5,6)7)35(22-26-15-11-10-14-25(26)4)31(37)23-36(29-16-12-13-17-30(29)41-9-2)42(39,40)27-20-18-24(3)19-21-27/h10-21,28H,8-9,22-23H2,1-7H3,(H,34,38)/t28-/m0/s1. The fraction of sp³-hybridized carbons (Fsp3) is 0.394. The highest BCUT2D eigenvalue weighted by atomic mass is 32.2. The lowest BCUT2D eigenvalue weighted by Crippen LogP contribution is -2.55. The average Bonchev–Trinajstić information content (AvgIpc) is 2.92. The van der Waals surface area contributed by atoms with Crippen LogP contribution in [0.3, 0.4) is 0 Å². The van der Waals surface area contributed by atoms with Gasteiger partial charge in [-0.05, 0) is 83.4 Å². The van der Waals surface area contributed by atoms with Gasteiger partial charge in [-0.1, -0.05) is 61.0 Å². The highest BCUT2D eigenvalue weighted by molar-refractivity contribution is 7.92. The SMILES string of the molecule is CCOc1ccccc1N(CC(=O)N(Cc1ccccc1C)[C@@H](CC)C(=O)NC(C)(C)C)S(=O)(=O)c1ccc(C)cc1. The van der Waals surface area contributed by atoms with E-state index in [9.17, 15) is 18.0 Å². The third-order valence-electron chi connectivity index (χ3n) is 6.81. The number of aryl methyl sites for hydroxylation is 2. The van der Waals surface area contributed by atoms with Crippen molar-refractivity contribution in [1.29, 1.82) is 0 Å². The van der Waals surface area contributed by atoms with Crippen molar-refractivity contribution in [2.45, 2.75) is 77.9 Å². The zero-order valence-corrected chi connectivity index (χ0v) is 26.5. The van der Waals surface area contributed by atoms with Crippen molar-refractivity contribution in [3.63, 3.8) is 0 Å². The number of carbonyl (C=O) groups excluding carboxylic acids is 2. The number of nitrogens with one attached hydrogen (secondary N) is 1. The Balaban J connectivity index is 2.13. The highest BCUT2D eigenvalue weighted by Gasteiger charge is 2.35. The fourth-order valence-corrected chi connectivity index (χ4v) is 6.06. The predicted octanol–water partition coefficient (Wildman–Crippen LogP) is 5.62. The molecule has 0 saturated heterocycles. The van der Waals surface area contributed by atoms with Crippen molar-refractivity contribution in [2.75, 3.05) is 17.5 Å². The summed E-state index contributed by atoms with van der Waals surface area (Å²) >= 11 is 0. The molecule has 0 aliphatic rings. The molecule has 0 aliphatic carbocycles. The first-order chi connectivity index (χ1) is 19.8. The number of benzene rings is 3. The van der Waals surface area contributed by atoms with Gasteiger partial charge in [-0.2, -0.15) is 0 Å². The van der Waals surface area contributed by atoms with Gasteiger partial charge in [0, 0.05) is 12.1 Å². The number of rotatable bonds is 12. The molecule has 1 N–H and O–H groups in total. The zero-order chi connectivity index (χ0) is 31.1. The number of nitrogens with zero attached hydrogens (tertiary/aromatic N) is 2. The minimum atomic E-state index is -4.20. The topological polar surface area (TPSA) is 96.0 Å². The molecule has 3 aromatic rings. The van der Waals surface area contributed by atoms with E-state index in [1.807, 2.05) is 72.7 Å². The molecular formula is C33H43N3O5S. The summed E-state index contributed by atoms with van der Waals surface area (Å²) in [5.74, 6) is -0.461. The molecule has 3 aromatic carbocycles. The molecule has 0 unspecified atom stereocenters. The van der Waals surface area contributed by atoms with Gasteiger partial charge < -0.3 is 15.0 Å². The summed E-state index contributed by atoms with van der Waals surface area (Å²) in [5, 5.41) is 2.99. The van der Waals surface area contributed by atoms with Crippen LogP contribution in [0.2, 0.25) is 0 Å². The molecule has 0 bridgehead atoms. The maximum absolute atomic E-state index is 14.3. The average molecular weight is 594 g/mol.